The molecule has 0 spiro atoms. The molecule has 1 heterocycles. The highest BCUT2D eigenvalue weighted by atomic mass is 19.1. The van der Waals surface area contributed by atoms with Crippen molar-refractivity contribution in [1.29, 1.82) is 0 Å². The summed E-state index contributed by atoms with van der Waals surface area (Å²) in [5.41, 5.74) is 2.69. The van der Waals surface area contributed by atoms with Gasteiger partial charge in [-0.15, -0.1) is 0 Å². The van der Waals surface area contributed by atoms with Crippen LogP contribution in [0.2, 0.25) is 0 Å². The number of halogens is 1. The fourth-order valence-electron chi connectivity index (χ4n) is 2.23. The lowest BCUT2D eigenvalue weighted by atomic mass is 9.97. The number of hydrogen-bond donors (Lipinski definition) is 1. The quantitative estimate of drug-likeness (QED) is 0.918. The van der Waals surface area contributed by atoms with Gasteiger partial charge in [0.05, 0.1) is 19.3 Å². The summed E-state index contributed by atoms with van der Waals surface area (Å²) in [7, 11) is 3.44. The third kappa shape index (κ3) is 2.90. The number of rotatable bonds is 4. The molecule has 0 amide bonds. The van der Waals surface area contributed by atoms with E-state index in [0.717, 1.165) is 16.7 Å². The second-order valence-corrected chi connectivity index (χ2v) is 4.40. The van der Waals surface area contributed by atoms with E-state index in [1.165, 1.54) is 12.1 Å². The zero-order chi connectivity index (χ0) is 13.8. The van der Waals surface area contributed by atoms with Crippen molar-refractivity contribution >= 4 is 0 Å². The van der Waals surface area contributed by atoms with Gasteiger partial charge in [-0.2, -0.15) is 0 Å². The highest BCUT2D eigenvalue weighted by Gasteiger charge is 2.17. The van der Waals surface area contributed by atoms with Crippen molar-refractivity contribution in [2.75, 3.05) is 14.2 Å². The topological polar surface area (TPSA) is 34.2 Å². The van der Waals surface area contributed by atoms with Crippen LogP contribution in [0.1, 0.15) is 22.7 Å². The summed E-state index contributed by atoms with van der Waals surface area (Å²) in [5, 5.41) is 3.19. The van der Waals surface area contributed by atoms with E-state index in [-0.39, 0.29) is 11.9 Å². The number of nitrogens with zero attached hydrogens (tertiary/aromatic N) is 1. The standard InChI is InChI=1S/C15H17FN2O/c1-10-6-11(8-12(16)7-10)15(17-2)13-4-5-18-9-14(13)19-3/h4-9,15,17H,1-3H3. The minimum atomic E-state index is -0.233. The summed E-state index contributed by atoms with van der Waals surface area (Å²) in [6, 6.07) is 6.76. The van der Waals surface area contributed by atoms with Crippen LogP contribution in [-0.4, -0.2) is 19.1 Å². The lowest BCUT2D eigenvalue weighted by Gasteiger charge is -2.20. The third-order valence-electron chi connectivity index (χ3n) is 3.03. The third-order valence-corrected chi connectivity index (χ3v) is 3.03. The largest absolute Gasteiger partial charge is 0.495 e. The molecule has 1 N–H and O–H groups in total. The van der Waals surface area contributed by atoms with Crippen LogP contribution >= 0.6 is 0 Å². The van der Waals surface area contributed by atoms with Crippen molar-refractivity contribution in [2.24, 2.45) is 0 Å². The molecule has 0 aliphatic rings. The first kappa shape index (κ1) is 13.5. The van der Waals surface area contributed by atoms with Crippen molar-refractivity contribution in [3.8, 4) is 5.75 Å². The molecule has 1 aromatic carbocycles. The predicted octanol–water partition coefficient (Wildman–Crippen LogP) is 2.85. The monoisotopic (exact) mass is 260 g/mol. The Bertz CT molecular complexity index is 552. The highest BCUT2D eigenvalue weighted by molar-refractivity contribution is 5.40. The van der Waals surface area contributed by atoms with Crippen molar-refractivity contribution in [3.05, 3.63) is 59.2 Å². The van der Waals surface area contributed by atoms with Gasteiger partial charge in [0.25, 0.3) is 0 Å². The Kier molecular flexibility index (Phi) is 4.12. The highest BCUT2D eigenvalue weighted by Crippen LogP contribution is 2.29. The second-order valence-electron chi connectivity index (χ2n) is 4.40. The van der Waals surface area contributed by atoms with Gasteiger partial charge in [0.2, 0.25) is 0 Å². The molecule has 0 bridgehead atoms. The summed E-state index contributed by atoms with van der Waals surface area (Å²) in [5.74, 6) is 0.451. The average molecular weight is 260 g/mol. The summed E-state index contributed by atoms with van der Waals surface area (Å²) >= 11 is 0. The number of methoxy groups -OCH3 is 1. The summed E-state index contributed by atoms with van der Waals surface area (Å²) in [6.07, 6.45) is 3.36. The number of hydrogen-bond acceptors (Lipinski definition) is 3. The lowest BCUT2D eigenvalue weighted by molar-refractivity contribution is 0.403. The van der Waals surface area contributed by atoms with Crippen LogP contribution < -0.4 is 10.1 Å². The molecular weight excluding hydrogens is 243 g/mol. The van der Waals surface area contributed by atoms with Crippen LogP contribution in [0.3, 0.4) is 0 Å². The summed E-state index contributed by atoms with van der Waals surface area (Å²) in [6.45, 7) is 1.88. The van der Waals surface area contributed by atoms with Gasteiger partial charge in [-0.05, 0) is 43.3 Å². The molecule has 19 heavy (non-hydrogen) atoms. The molecule has 0 aliphatic heterocycles. The number of nitrogens with one attached hydrogen (secondary N) is 1. The fraction of sp³-hybridized carbons (Fsp3) is 0.267. The van der Waals surface area contributed by atoms with Crippen molar-refractivity contribution in [2.45, 2.75) is 13.0 Å². The van der Waals surface area contributed by atoms with Crippen LogP contribution in [0.4, 0.5) is 4.39 Å². The maximum absolute atomic E-state index is 13.6. The van der Waals surface area contributed by atoms with Crippen LogP contribution in [0.5, 0.6) is 5.75 Å². The number of aromatic nitrogens is 1. The van der Waals surface area contributed by atoms with Crippen LogP contribution in [0, 0.1) is 12.7 Å². The molecule has 2 aromatic rings. The Morgan fingerprint density at radius 2 is 2.11 bits per heavy atom. The SMILES string of the molecule is CNC(c1cc(C)cc(F)c1)c1ccncc1OC. The number of pyridine rings is 1. The molecule has 100 valence electrons. The van der Waals surface area contributed by atoms with E-state index in [1.54, 1.807) is 19.5 Å². The molecule has 4 heteroatoms. The number of ether oxygens (including phenoxy) is 1. The second kappa shape index (κ2) is 5.80. The van der Waals surface area contributed by atoms with Crippen molar-refractivity contribution in [1.82, 2.24) is 10.3 Å². The number of aryl methyl sites for hydroxylation is 1. The molecule has 0 saturated heterocycles. The van der Waals surface area contributed by atoms with E-state index < -0.39 is 0 Å². The zero-order valence-corrected chi connectivity index (χ0v) is 11.3. The molecule has 0 aliphatic carbocycles. The van der Waals surface area contributed by atoms with Crippen molar-refractivity contribution < 1.29 is 9.13 Å². The maximum atomic E-state index is 13.6. The molecule has 0 fully saturated rings. The van der Waals surface area contributed by atoms with Crippen LogP contribution in [0.15, 0.2) is 36.7 Å². The summed E-state index contributed by atoms with van der Waals surface area (Å²) < 4.78 is 18.9. The first-order valence-corrected chi connectivity index (χ1v) is 6.08. The van der Waals surface area contributed by atoms with E-state index in [1.807, 2.05) is 26.1 Å². The Labute approximate surface area is 112 Å². The molecule has 1 aromatic heterocycles. The molecular formula is C15H17FN2O. The molecule has 1 atom stereocenters. The molecule has 0 radical (unpaired) electrons. The zero-order valence-electron chi connectivity index (χ0n) is 11.3. The van der Waals surface area contributed by atoms with Gasteiger partial charge in [0, 0.05) is 11.8 Å². The Morgan fingerprint density at radius 1 is 1.32 bits per heavy atom. The first-order valence-electron chi connectivity index (χ1n) is 6.08. The van der Waals surface area contributed by atoms with Gasteiger partial charge in [0.1, 0.15) is 11.6 Å². The molecule has 1 unspecified atom stereocenters. The van der Waals surface area contributed by atoms with Crippen molar-refractivity contribution in [3.63, 3.8) is 0 Å². The first-order chi connectivity index (χ1) is 9.15. The van der Waals surface area contributed by atoms with Gasteiger partial charge in [0.15, 0.2) is 0 Å². The lowest BCUT2D eigenvalue weighted by Crippen LogP contribution is -2.19. The van der Waals surface area contributed by atoms with Crippen LogP contribution in [0.25, 0.3) is 0 Å². The van der Waals surface area contributed by atoms with E-state index in [4.69, 9.17) is 4.74 Å². The maximum Gasteiger partial charge on any atom is 0.142 e. The molecule has 3 nitrogen and oxygen atoms in total. The van der Waals surface area contributed by atoms with E-state index in [9.17, 15) is 4.39 Å². The predicted molar refractivity (Wildman–Crippen MR) is 72.8 cm³/mol. The van der Waals surface area contributed by atoms with Gasteiger partial charge < -0.3 is 10.1 Å². The molecule has 2 rings (SSSR count). The van der Waals surface area contributed by atoms with E-state index in [2.05, 4.69) is 10.3 Å². The van der Waals surface area contributed by atoms with Gasteiger partial charge in [-0.3, -0.25) is 4.98 Å². The van der Waals surface area contributed by atoms with Gasteiger partial charge in [-0.25, -0.2) is 4.39 Å². The Morgan fingerprint density at radius 3 is 2.74 bits per heavy atom. The summed E-state index contributed by atoms with van der Waals surface area (Å²) in [4.78, 5) is 4.03. The van der Waals surface area contributed by atoms with E-state index >= 15 is 0 Å². The molecule has 0 saturated carbocycles. The Hall–Kier alpha value is -1.94. The minimum absolute atomic E-state index is 0.132. The fourth-order valence-corrected chi connectivity index (χ4v) is 2.23. The van der Waals surface area contributed by atoms with Gasteiger partial charge >= 0.3 is 0 Å². The average Bonchev–Trinajstić information content (AvgIpc) is 2.39. The smallest absolute Gasteiger partial charge is 0.142 e. The number of benzene rings is 1. The van der Waals surface area contributed by atoms with E-state index in [0.29, 0.717) is 5.75 Å². The van der Waals surface area contributed by atoms with Gasteiger partial charge in [-0.1, -0.05) is 6.07 Å². The normalized spacial score (nSPS) is 12.2. The minimum Gasteiger partial charge on any atom is -0.495 e. The van der Waals surface area contributed by atoms with Crippen LogP contribution in [-0.2, 0) is 0 Å². The Balaban J connectivity index is 2.49.